The Hall–Kier alpha value is -0.763. The van der Waals surface area contributed by atoms with Crippen LogP contribution in [0.4, 0.5) is 0 Å². The molecule has 0 aromatic heterocycles. The predicted molar refractivity (Wildman–Crippen MR) is 58.4 cm³/mol. The Labute approximate surface area is 100 Å². The fourth-order valence-electron chi connectivity index (χ4n) is 1.20. The maximum atomic E-state index is 11.2. The molecule has 0 aliphatic rings. The Morgan fingerprint density at radius 2 is 1.87 bits per heavy atom. The zero-order chi connectivity index (χ0) is 10.9. The predicted octanol–water partition coefficient (Wildman–Crippen LogP) is 0.448. The fraction of sp³-hybridized carbons (Fsp3) is 0.222. The number of sulfone groups is 1. The second-order valence-electron chi connectivity index (χ2n) is 3.06. The van der Waals surface area contributed by atoms with Crippen LogP contribution in [-0.2, 0) is 9.84 Å². The number of hydrogen-bond donors (Lipinski definition) is 1. The van der Waals surface area contributed by atoms with E-state index in [2.05, 4.69) is 0 Å². The third kappa shape index (κ3) is 3.38. The Morgan fingerprint density at radius 3 is 2.20 bits per heavy atom. The van der Waals surface area contributed by atoms with Crippen LogP contribution in [0.1, 0.15) is 15.9 Å². The molecule has 15 heavy (non-hydrogen) atoms. The van der Waals surface area contributed by atoms with Crippen LogP contribution < -0.4 is 0 Å². The zero-order valence-corrected chi connectivity index (χ0v) is 8.63. The molecule has 4 nitrogen and oxygen atoms in total. The molecule has 78 valence electrons. The second-order valence-corrected chi connectivity index (χ2v) is 5.04. The van der Waals surface area contributed by atoms with Crippen molar-refractivity contribution in [3.05, 3.63) is 29.3 Å². The van der Waals surface area contributed by atoms with E-state index in [9.17, 15) is 13.2 Å². The molecule has 1 aromatic rings. The van der Waals surface area contributed by atoms with Crippen LogP contribution in [-0.4, -0.2) is 44.6 Å². The summed E-state index contributed by atoms with van der Waals surface area (Å²) in [7, 11) is -3.27. The van der Waals surface area contributed by atoms with Gasteiger partial charge in [0.1, 0.15) is 0 Å². The van der Waals surface area contributed by atoms with Gasteiger partial charge < -0.3 is 5.11 Å². The van der Waals surface area contributed by atoms with Gasteiger partial charge in [0.15, 0.2) is 9.84 Å². The van der Waals surface area contributed by atoms with Crippen LogP contribution in [0.25, 0.3) is 0 Å². The van der Waals surface area contributed by atoms with Crippen molar-refractivity contribution in [3.8, 4) is 0 Å². The van der Waals surface area contributed by atoms with Gasteiger partial charge in [0.25, 0.3) is 0 Å². The number of carboxylic acids is 1. The normalized spacial score (nSPS) is 10.5. The Morgan fingerprint density at radius 1 is 1.33 bits per heavy atom. The SMILES string of the molecule is Cc1cc(C(=O)O)ccc1S(C)(=O)=O.[LiH]. The van der Waals surface area contributed by atoms with Crippen molar-refractivity contribution in [2.75, 3.05) is 6.26 Å². The third-order valence-corrected chi connectivity index (χ3v) is 3.08. The maximum absolute atomic E-state index is 11.2. The van der Waals surface area contributed by atoms with Gasteiger partial charge in [0, 0.05) is 6.26 Å². The van der Waals surface area contributed by atoms with Crippen LogP contribution in [0.3, 0.4) is 0 Å². The van der Waals surface area contributed by atoms with Crippen LogP contribution >= 0.6 is 0 Å². The summed E-state index contributed by atoms with van der Waals surface area (Å²) in [5, 5.41) is 8.65. The first-order valence-corrected chi connectivity index (χ1v) is 5.75. The molecule has 0 heterocycles. The van der Waals surface area contributed by atoms with Crippen molar-refractivity contribution >= 4 is 34.7 Å². The summed E-state index contributed by atoms with van der Waals surface area (Å²) in [4.78, 5) is 10.7. The molecule has 0 saturated heterocycles. The molecule has 0 saturated carbocycles. The van der Waals surface area contributed by atoms with Gasteiger partial charge in [0.2, 0.25) is 0 Å². The van der Waals surface area contributed by atoms with E-state index < -0.39 is 15.8 Å². The van der Waals surface area contributed by atoms with Crippen molar-refractivity contribution in [1.29, 1.82) is 0 Å². The van der Waals surface area contributed by atoms with Gasteiger partial charge in [-0.2, -0.15) is 0 Å². The van der Waals surface area contributed by atoms with E-state index in [4.69, 9.17) is 5.11 Å². The molecule has 0 aliphatic heterocycles. The van der Waals surface area contributed by atoms with Crippen molar-refractivity contribution < 1.29 is 18.3 Å². The quantitative estimate of drug-likeness (QED) is 0.737. The van der Waals surface area contributed by atoms with E-state index in [0.717, 1.165) is 6.26 Å². The van der Waals surface area contributed by atoms with Crippen molar-refractivity contribution in [1.82, 2.24) is 0 Å². The number of carboxylic acid groups (broad SMARTS) is 1. The molecule has 1 rings (SSSR count). The molecule has 0 aliphatic carbocycles. The van der Waals surface area contributed by atoms with Crippen LogP contribution in [0, 0.1) is 6.92 Å². The molecular weight excluding hydrogens is 211 g/mol. The molecule has 1 N–H and O–H groups in total. The van der Waals surface area contributed by atoms with Crippen LogP contribution in [0.2, 0.25) is 0 Å². The molecule has 6 heteroatoms. The summed E-state index contributed by atoms with van der Waals surface area (Å²) in [6, 6.07) is 3.94. The van der Waals surface area contributed by atoms with E-state index >= 15 is 0 Å². The van der Waals surface area contributed by atoms with Gasteiger partial charge >= 0.3 is 24.8 Å². The number of rotatable bonds is 2. The third-order valence-electron chi connectivity index (χ3n) is 1.82. The van der Waals surface area contributed by atoms with E-state index in [1.807, 2.05) is 0 Å². The fourth-order valence-corrected chi connectivity index (χ4v) is 2.16. The first kappa shape index (κ1) is 14.2. The monoisotopic (exact) mass is 222 g/mol. The topological polar surface area (TPSA) is 71.4 Å². The summed E-state index contributed by atoms with van der Waals surface area (Å²) in [6.07, 6.45) is 1.09. The number of aryl methyl sites for hydroxylation is 1. The molecule has 0 unspecified atom stereocenters. The molecule has 0 amide bonds. The average Bonchev–Trinajstić information content (AvgIpc) is 2.01. The van der Waals surface area contributed by atoms with E-state index in [-0.39, 0.29) is 29.3 Å². The van der Waals surface area contributed by atoms with E-state index in [1.165, 1.54) is 18.2 Å². The number of hydrogen-bond acceptors (Lipinski definition) is 3. The van der Waals surface area contributed by atoms with Gasteiger partial charge in [-0.15, -0.1) is 0 Å². The zero-order valence-electron chi connectivity index (χ0n) is 7.81. The molecule has 1 aromatic carbocycles. The van der Waals surface area contributed by atoms with Crippen molar-refractivity contribution in [2.45, 2.75) is 11.8 Å². The van der Waals surface area contributed by atoms with Gasteiger partial charge in [-0.05, 0) is 30.7 Å². The Kier molecular flexibility index (Phi) is 4.59. The van der Waals surface area contributed by atoms with Gasteiger partial charge in [0.05, 0.1) is 10.5 Å². The molecule has 0 radical (unpaired) electrons. The van der Waals surface area contributed by atoms with Crippen LogP contribution in [0.15, 0.2) is 23.1 Å². The van der Waals surface area contributed by atoms with Gasteiger partial charge in [-0.3, -0.25) is 0 Å². The molecular formula is C9H11LiO4S. The first-order chi connectivity index (χ1) is 6.32. The standard InChI is InChI=1S/C9H10O4S.Li.H/c1-6-5-7(9(10)11)3-4-8(6)14(2,12)13;;/h3-5H,1-2H3,(H,10,11);;. The van der Waals surface area contributed by atoms with E-state index in [0.29, 0.717) is 5.56 Å². The van der Waals surface area contributed by atoms with Gasteiger partial charge in [-0.25, -0.2) is 13.2 Å². The van der Waals surface area contributed by atoms with Crippen molar-refractivity contribution in [3.63, 3.8) is 0 Å². The minimum absolute atomic E-state index is 0. The van der Waals surface area contributed by atoms with Gasteiger partial charge in [-0.1, -0.05) is 0 Å². The summed E-state index contributed by atoms with van der Waals surface area (Å²) in [5.41, 5.74) is 0.544. The number of aromatic carboxylic acids is 1. The molecule has 0 bridgehead atoms. The summed E-state index contributed by atoms with van der Waals surface area (Å²) in [5.74, 6) is -1.06. The van der Waals surface area contributed by atoms with E-state index in [1.54, 1.807) is 6.92 Å². The summed E-state index contributed by atoms with van der Waals surface area (Å²) < 4.78 is 22.4. The Bertz CT molecular complexity index is 479. The average molecular weight is 222 g/mol. The summed E-state index contributed by atoms with van der Waals surface area (Å²) in [6.45, 7) is 1.57. The number of benzene rings is 1. The summed E-state index contributed by atoms with van der Waals surface area (Å²) >= 11 is 0. The molecule has 0 atom stereocenters. The second kappa shape index (κ2) is 4.84. The van der Waals surface area contributed by atoms with Crippen molar-refractivity contribution in [2.24, 2.45) is 0 Å². The molecule has 0 fully saturated rings. The minimum atomic E-state index is -3.27. The van der Waals surface area contributed by atoms with Crippen LogP contribution in [0.5, 0.6) is 0 Å². The first-order valence-electron chi connectivity index (χ1n) is 3.86. The molecule has 0 spiro atoms. The number of carbonyl (C=O) groups is 1. The Balaban J connectivity index is 0.00000196.